The van der Waals surface area contributed by atoms with Gasteiger partial charge in [-0.3, -0.25) is 4.79 Å². The molecule has 0 bridgehead atoms. The van der Waals surface area contributed by atoms with Crippen LogP contribution in [0.25, 0.3) is 0 Å². The van der Waals surface area contributed by atoms with Crippen molar-refractivity contribution in [1.82, 2.24) is 5.32 Å². The molecule has 0 fully saturated rings. The van der Waals surface area contributed by atoms with Gasteiger partial charge in [0.15, 0.2) is 5.60 Å². The number of likely N-dealkylation sites (N-methyl/N-ethyl adjacent to an activating group) is 1. The van der Waals surface area contributed by atoms with Crippen LogP contribution < -0.4 is 5.32 Å². The summed E-state index contributed by atoms with van der Waals surface area (Å²) in [5.41, 5.74) is -1.64. The van der Waals surface area contributed by atoms with Crippen LogP contribution in [0.15, 0.2) is 0 Å². The number of rotatable bonds is 3. The molecule has 0 aromatic rings. The summed E-state index contributed by atoms with van der Waals surface area (Å²) in [7, 11) is 0. The number of hydrogen-bond acceptors (Lipinski definition) is 3. The summed E-state index contributed by atoms with van der Waals surface area (Å²) in [5.74, 6) is -0.544. The molecule has 0 aliphatic carbocycles. The Balaban J connectivity index is 3.91. The van der Waals surface area contributed by atoms with Gasteiger partial charge in [-0.15, -0.1) is 0 Å². The van der Waals surface area contributed by atoms with Crippen molar-refractivity contribution in [1.29, 1.82) is 0 Å². The first-order valence-corrected chi connectivity index (χ1v) is 3.16. The number of carbonyl (C=O) groups excluding carboxylic acids is 1. The van der Waals surface area contributed by atoms with Gasteiger partial charge in [-0.2, -0.15) is 0 Å². The van der Waals surface area contributed by atoms with E-state index in [0.29, 0.717) is 6.54 Å². The summed E-state index contributed by atoms with van der Waals surface area (Å²) in [6.45, 7) is 2.90. The fraction of sp³-hybridized carbons (Fsp3) is 0.833. The fourth-order valence-electron chi connectivity index (χ4n) is 0.423. The fourth-order valence-corrected chi connectivity index (χ4v) is 0.423. The molecule has 0 saturated carbocycles. The number of carbonyl (C=O) groups is 1. The molecule has 4 nitrogen and oxygen atoms in total. The van der Waals surface area contributed by atoms with Crippen LogP contribution in [0.4, 0.5) is 0 Å². The molecular formula is C6H13NO3. The molecule has 1 amide bonds. The highest BCUT2D eigenvalue weighted by molar-refractivity contribution is 5.84. The molecule has 10 heavy (non-hydrogen) atoms. The third-order valence-electron chi connectivity index (χ3n) is 1.13. The lowest BCUT2D eigenvalue weighted by atomic mass is 10.1. The van der Waals surface area contributed by atoms with Crippen molar-refractivity contribution in [3.05, 3.63) is 0 Å². The van der Waals surface area contributed by atoms with Crippen molar-refractivity contribution in [2.75, 3.05) is 13.2 Å². The molecule has 1 atom stereocenters. The van der Waals surface area contributed by atoms with E-state index in [1.54, 1.807) is 6.92 Å². The van der Waals surface area contributed by atoms with Gasteiger partial charge < -0.3 is 15.5 Å². The van der Waals surface area contributed by atoms with Crippen LogP contribution in [-0.4, -0.2) is 34.9 Å². The minimum Gasteiger partial charge on any atom is -0.393 e. The molecule has 0 aromatic heterocycles. The third kappa shape index (κ3) is 2.33. The van der Waals surface area contributed by atoms with E-state index in [1.807, 2.05) is 0 Å². The molecule has 0 radical (unpaired) electrons. The van der Waals surface area contributed by atoms with Crippen LogP contribution in [-0.2, 0) is 4.79 Å². The lowest BCUT2D eigenvalue weighted by Crippen LogP contribution is -2.47. The Morgan fingerprint density at radius 2 is 2.20 bits per heavy atom. The van der Waals surface area contributed by atoms with E-state index in [9.17, 15) is 4.79 Å². The topological polar surface area (TPSA) is 69.6 Å². The minimum absolute atomic E-state index is 0.453. The van der Waals surface area contributed by atoms with Crippen LogP contribution in [0.1, 0.15) is 13.8 Å². The van der Waals surface area contributed by atoms with Crippen LogP contribution in [0.5, 0.6) is 0 Å². The highest BCUT2D eigenvalue weighted by Crippen LogP contribution is 1.99. The van der Waals surface area contributed by atoms with E-state index in [1.165, 1.54) is 6.92 Å². The summed E-state index contributed by atoms with van der Waals surface area (Å²) in [6.07, 6.45) is 0. The van der Waals surface area contributed by atoms with E-state index in [0.717, 1.165) is 0 Å². The Kier molecular flexibility index (Phi) is 3.32. The van der Waals surface area contributed by atoms with E-state index < -0.39 is 18.1 Å². The Labute approximate surface area is 59.9 Å². The lowest BCUT2D eigenvalue weighted by molar-refractivity contribution is -0.141. The highest BCUT2D eigenvalue weighted by atomic mass is 16.3. The molecule has 60 valence electrons. The monoisotopic (exact) mass is 147 g/mol. The zero-order valence-electron chi connectivity index (χ0n) is 6.22. The quantitative estimate of drug-likeness (QED) is 0.473. The van der Waals surface area contributed by atoms with Gasteiger partial charge in [-0.1, -0.05) is 0 Å². The molecule has 3 N–H and O–H groups in total. The molecule has 0 heterocycles. The molecule has 0 spiro atoms. The first-order chi connectivity index (χ1) is 4.54. The van der Waals surface area contributed by atoms with E-state index in [-0.39, 0.29) is 0 Å². The molecule has 0 aromatic carbocycles. The molecule has 0 rings (SSSR count). The Morgan fingerprint density at radius 1 is 1.70 bits per heavy atom. The van der Waals surface area contributed by atoms with E-state index in [2.05, 4.69) is 5.32 Å². The molecule has 1 unspecified atom stereocenters. The molecule has 0 saturated heterocycles. The van der Waals surface area contributed by atoms with Crippen molar-refractivity contribution in [2.24, 2.45) is 0 Å². The number of hydrogen-bond donors (Lipinski definition) is 3. The zero-order valence-corrected chi connectivity index (χ0v) is 6.22. The van der Waals surface area contributed by atoms with Gasteiger partial charge in [0.05, 0.1) is 6.61 Å². The van der Waals surface area contributed by atoms with Gasteiger partial charge in [0, 0.05) is 6.54 Å². The van der Waals surface area contributed by atoms with Gasteiger partial charge in [-0.25, -0.2) is 0 Å². The SMILES string of the molecule is CCNC(=O)C(C)(O)CO. The van der Waals surface area contributed by atoms with Crippen molar-refractivity contribution in [2.45, 2.75) is 19.4 Å². The van der Waals surface area contributed by atoms with E-state index >= 15 is 0 Å². The Hall–Kier alpha value is -0.610. The summed E-state index contributed by atoms with van der Waals surface area (Å²) < 4.78 is 0. The normalized spacial score (nSPS) is 16.0. The second-order valence-electron chi connectivity index (χ2n) is 2.29. The lowest BCUT2D eigenvalue weighted by Gasteiger charge is -2.18. The zero-order chi connectivity index (χ0) is 8.20. The van der Waals surface area contributed by atoms with Gasteiger partial charge >= 0.3 is 0 Å². The maximum absolute atomic E-state index is 10.8. The second-order valence-corrected chi connectivity index (χ2v) is 2.29. The van der Waals surface area contributed by atoms with Crippen LogP contribution >= 0.6 is 0 Å². The van der Waals surface area contributed by atoms with Gasteiger partial charge in [0.1, 0.15) is 0 Å². The summed E-state index contributed by atoms with van der Waals surface area (Å²) in [4.78, 5) is 10.8. The smallest absolute Gasteiger partial charge is 0.254 e. The van der Waals surface area contributed by atoms with Crippen molar-refractivity contribution < 1.29 is 15.0 Å². The predicted molar refractivity (Wildman–Crippen MR) is 36.4 cm³/mol. The van der Waals surface area contributed by atoms with Crippen LogP contribution in [0.2, 0.25) is 0 Å². The number of aliphatic hydroxyl groups excluding tert-OH is 1. The van der Waals surface area contributed by atoms with E-state index in [4.69, 9.17) is 10.2 Å². The van der Waals surface area contributed by atoms with Crippen LogP contribution in [0.3, 0.4) is 0 Å². The highest BCUT2D eigenvalue weighted by Gasteiger charge is 2.28. The number of amides is 1. The number of aliphatic hydroxyl groups is 2. The molecule has 0 aliphatic rings. The first-order valence-electron chi connectivity index (χ1n) is 3.16. The first kappa shape index (κ1) is 9.39. The second kappa shape index (κ2) is 3.53. The van der Waals surface area contributed by atoms with Gasteiger partial charge in [0.2, 0.25) is 0 Å². The third-order valence-corrected chi connectivity index (χ3v) is 1.13. The van der Waals surface area contributed by atoms with Crippen LogP contribution in [0, 0.1) is 0 Å². The van der Waals surface area contributed by atoms with Crippen molar-refractivity contribution in [3.8, 4) is 0 Å². The molecule has 4 heteroatoms. The molecular weight excluding hydrogens is 134 g/mol. The molecule has 0 aliphatic heterocycles. The summed E-state index contributed by atoms with van der Waals surface area (Å²) in [6, 6.07) is 0. The summed E-state index contributed by atoms with van der Waals surface area (Å²) >= 11 is 0. The average Bonchev–Trinajstić information content (AvgIpc) is 1.89. The largest absolute Gasteiger partial charge is 0.393 e. The Bertz CT molecular complexity index is 122. The van der Waals surface area contributed by atoms with Gasteiger partial charge in [0.25, 0.3) is 5.91 Å². The van der Waals surface area contributed by atoms with Crippen molar-refractivity contribution in [3.63, 3.8) is 0 Å². The van der Waals surface area contributed by atoms with Crippen molar-refractivity contribution >= 4 is 5.91 Å². The maximum Gasteiger partial charge on any atom is 0.254 e. The average molecular weight is 147 g/mol. The summed E-state index contributed by atoms with van der Waals surface area (Å²) in [5, 5.41) is 19.9. The predicted octanol–water partition coefficient (Wildman–Crippen LogP) is -1.13. The maximum atomic E-state index is 10.8. The van der Waals surface area contributed by atoms with Gasteiger partial charge in [-0.05, 0) is 13.8 Å². The minimum atomic E-state index is -1.64. The Morgan fingerprint density at radius 3 is 2.50 bits per heavy atom. The standard InChI is InChI=1S/C6H13NO3/c1-3-7-5(9)6(2,10)4-8/h8,10H,3-4H2,1-2H3,(H,7,9). The number of nitrogens with one attached hydrogen (secondary N) is 1.